The first-order chi connectivity index (χ1) is 11.5. The van der Waals surface area contributed by atoms with Gasteiger partial charge in [0.1, 0.15) is 24.2 Å². The molecule has 2 heterocycles. The zero-order valence-corrected chi connectivity index (χ0v) is 12.2. The summed E-state index contributed by atoms with van der Waals surface area (Å²) in [5.41, 5.74) is 0.303. The minimum absolute atomic E-state index is 0.0595. The lowest BCUT2D eigenvalue weighted by Crippen LogP contribution is -2.00. The van der Waals surface area contributed by atoms with Crippen molar-refractivity contribution in [3.05, 3.63) is 77.3 Å². The van der Waals surface area contributed by atoms with Gasteiger partial charge in [-0.05, 0) is 17.7 Å². The normalized spacial score (nSPS) is 11.7. The molecule has 0 amide bonds. The largest absolute Gasteiger partial charge is 0.504 e. The van der Waals surface area contributed by atoms with E-state index in [9.17, 15) is 18.7 Å². The number of ketones is 1. The van der Waals surface area contributed by atoms with Crippen LogP contribution in [0.4, 0.5) is 8.78 Å². The average Bonchev–Trinajstić information content (AvgIpc) is 3.20. The second kappa shape index (κ2) is 6.45. The molecule has 0 aliphatic heterocycles. The first-order valence-corrected chi connectivity index (χ1v) is 6.86. The Morgan fingerprint density at radius 1 is 1.29 bits per heavy atom. The highest BCUT2D eigenvalue weighted by atomic mass is 19.1. The van der Waals surface area contributed by atoms with Gasteiger partial charge in [0.25, 0.3) is 0 Å². The van der Waals surface area contributed by atoms with Crippen LogP contribution in [0.1, 0.15) is 27.5 Å². The van der Waals surface area contributed by atoms with Gasteiger partial charge in [-0.1, -0.05) is 12.1 Å². The highest BCUT2D eigenvalue weighted by Crippen LogP contribution is 2.21. The van der Waals surface area contributed by atoms with Crippen molar-refractivity contribution in [1.82, 2.24) is 15.2 Å². The van der Waals surface area contributed by atoms with Crippen molar-refractivity contribution < 1.29 is 23.1 Å². The Hall–Kier alpha value is -3.29. The van der Waals surface area contributed by atoms with Crippen LogP contribution in [0.3, 0.4) is 0 Å². The smallest absolute Gasteiger partial charge is 0.215 e. The molecule has 8 heteroatoms. The second-order valence-corrected chi connectivity index (χ2v) is 4.91. The van der Waals surface area contributed by atoms with Crippen LogP contribution in [0.2, 0.25) is 0 Å². The zero-order valence-electron chi connectivity index (χ0n) is 12.2. The van der Waals surface area contributed by atoms with Gasteiger partial charge in [0, 0.05) is 12.5 Å². The lowest BCUT2D eigenvalue weighted by atomic mass is 10.1. The highest BCUT2D eigenvalue weighted by molar-refractivity contribution is 6.07. The minimum atomic E-state index is -0.830. The Morgan fingerprint density at radius 3 is 2.71 bits per heavy atom. The number of hydrogen-bond acceptors (Lipinski definition) is 5. The van der Waals surface area contributed by atoms with Gasteiger partial charge >= 0.3 is 0 Å². The summed E-state index contributed by atoms with van der Waals surface area (Å²) in [5.74, 6) is -2.66. The maximum Gasteiger partial charge on any atom is 0.215 e. The summed E-state index contributed by atoms with van der Waals surface area (Å²) < 4.78 is 32.3. The summed E-state index contributed by atoms with van der Waals surface area (Å²) in [6.07, 6.45) is 3.07. The molecule has 0 aliphatic carbocycles. The van der Waals surface area contributed by atoms with Gasteiger partial charge in [-0.2, -0.15) is 5.10 Å². The number of carbonyl (C=O) groups excluding carboxylic acids is 1. The van der Waals surface area contributed by atoms with Gasteiger partial charge < -0.3 is 9.52 Å². The zero-order chi connectivity index (χ0) is 17.1. The quantitative estimate of drug-likeness (QED) is 0.426. The number of H-pyrrole nitrogens is 1. The fourth-order valence-corrected chi connectivity index (χ4v) is 2.06. The monoisotopic (exact) mass is 331 g/mol. The van der Waals surface area contributed by atoms with Gasteiger partial charge in [0.05, 0.1) is 5.56 Å². The summed E-state index contributed by atoms with van der Waals surface area (Å²) >= 11 is 0. The lowest BCUT2D eigenvalue weighted by molar-refractivity contribution is 0.104. The molecule has 1 aromatic carbocycles. The van der Waals surface area contributed by atoms with Gasteiger partial charge in [0.15, 0.2) is 17.4 Å². The number of aromatic nitrogens is 3. The van der Waals surface area contributed by atoms with Crippen LogP contribution in [0.5, 0.6) is 0 Å². The number of carbonyl (C=O) groups is 1. The van der Waals surface area contributed by atoms with Crippen molar-refractivity contribution >= 4 is 11.5 Å². The summed E-state index contributed by atoms with van der Waals surface area (Å²) in [5, 5.41) is 15.7. The van der Waals surface area contributed by atoms with Crippen molar-refractivity contribution in [2.75, 3.05) is 0 Å². The molecule has 0 saturated heterocycles. The van der Waals surface area contributed by atoms with Crippen LogP contribution in [-0.2, 0) is 6.42 Å². The van der Waals surface area contributed by atoms with E-state index in [0.29, 0.717) is 5.56 Å². The van der Waals surface area contributed by atoms with E-state index in [1.807, 2.05) is 0 Å². The molecule has 0 saturated carbocycles. The third-order valence-electron chi connectivity index (χ3n) is 3.26. The van der Waals surface area contributed by atoms with Crippen molar-refractivity contribution in [2.24, 2.45) is 0 Å². The fraction of sp³-hybridized carbons (Fsp3) is 0.0625. The van der Waals surface area contributed by atoms with E-state index in [4.69, 9.17) is 4.42 Å². The molecular formula is C16H11F2N3O3. The molecule has 6 nitrogen and oxygen atoms in total. The summed E-state index contributed by atoms with van der Waals surface area (Å²) in [4.78, 5) is 15.7. The molecule has 2 N–H and O–H groups in total. The first-order valence-electron chi connectivity index (χ1n) is 6.86. The Labute approximate surface area is 134 Å². The number of benzene rings is 1. The molecular weight excluding hydrogens is 320 g/mol. The molecule has 3 rings (SSSR count). The van der Waals surface area contributed by atoms with Crippen LogP contribution in [-0.4, -0.2) is 26.1 Å². The number of aliphatic hydroxyl groups is 1. The maximum atomic E-state index is 14.3. The molecule has 0 aliphatic rings. The standard InChI is InChI=1S/C16H11F2N3O3/c17-10-3-1-9(2-4-10)5-14-15(18)11(7-24-14)12(22)6-13(23)16-19-8-20-21-16/h1-4,6-8,23H,5H2,(H,19,20,21). The molecule has 24 heavy (non-hydrogen) atoms. The molecule has 122 valence electrons. The number of nitrogens with one attached hydrogen (secondary N) is 1. The third-order valence-corrected chi connectivity index (χ3v) is 3.26. The number of aromatic amines is 1. The first kappa shape index (κ1) is 15.6. The number of furan rings is 1. The topological polar surface area (TPSA) is 92.0 Å². The Kier molecular flexibility index (Phi) is 4.19. The molecule has 0 radical (unpaired) electrons. The van der Waals surface area contributed by atoms with E-state index in [2.05, 4.69) is 15.2 Å². The average molecular weight is 331 g/mol. The number of aliphatic hydroxyl groups excluding tert-OH is 1. The Balaban J connectivity index is 1.80. The van der Waals surface area contributed by atoms with E-state index in [1.165, 1.54) is 30.6 Å². The fourth-order valence-electron chi connectivity index (χ4n) is 2.06. The van der Waals surface area contributed by atoms with E-state index in [1.54, 1.807) is 0 Å². The molecule has 0 unspecified atom stereocenters. The molecule has 0 fully saturated rings. The van der Waals surface area contributed by atoms with Gasteiger partial charge in [-0.15, -0.1) is 0 Å². The Morgan fingerprint density at radius 2 is 2.04 bits per heavy atom. The second-order valence-electron chi connectivity index (χ2n) is 4.91. The summed E-state index contributed by atoms with van der Waals surface area (Å²) in [6, 6.07) is 5.49. The predicted molar refractivity (Wildman–Crippen MR) is 79.2 cm³/mol. The molecule has 2 aromatic heterocycles. The van der Waals surface area contributed by atoms with E-state index >= 15 is 0 Å². The van der Waals surface area contributed by atoms with Crippen LogP contribution in [0.25, 0.3) is 5.76 Å². The van der Waals surface area contributed by atoms with Crippen molar-refractivity contribution in [1.29, 1.82) is 0 Å². The number of rotatable bonds is 5. The van der Waals surface area contributed by atoms with Crippen LogP contribution in [0, 0.1) is 11.6 Å². The summed E-state index contributed by atoms with van der Waals surface area (Å²) in [7, 11) is 0. The van der Waals surface area contributed by atoms with Gasteiger partial charge in [0.2, 0.25) is 5.82 Å². The Bertz CT molecular complexity index is 884. The number of hydrogen-bond donors (Lipinski definition) is 2. The van der Waals surface area contributed by atoms with Gasteiger partial charge in [-0.3, -0.25) is 9.89 Å². The molecule has 0 spiro atoms. The maximum absolute atomic E-state index is 14.3. The number of allylic oxidation sites excluding steroid dienone is 1. The summed E-state index contributed by atoms with van der Waals surface area (Å²) in [6.45, 7) is 0. The SMILES string of the molecule is O=C(C=C(O)c1nc[nH]n1)c1coc(Cc2ccc(F)cc2)c1F. The molecule has 0 bridgehead atoms. The third kappa shape index (κ3) is 3.22. The van der Waals surface area contributed by atoms with Crippen molar-refractivity contribution in [3.63, 3.8) is 0 Å². The van der Waals surface area contributed by atoms with Crippen LogP contribution in [0.15, 0.2) is 47.3 Å². The number of nitrogens with zero attached hydrogens (tertiary/aromatic N) is 2. The van der Waals surface area contributed by atoms with E-state index in [0.717, 1.165) is 12.3 Å². The highest BCUT2D eigenvalue weighted by Gasteiger charge is 2.20. The van der Waals surface area contributed by atoms with Gasteiger partial charge in [-0.25, -0.2) is 13.8 Å². The minimum Gasteiger partial charge on any atom is -0.504 e. The van der Waals surface area contributed by atoms with Crippen molar-refractivity contribution in [3.8, 4) is 0 Å². The molecule has 3 aromatic rings. The lowest BCUT2D eigenvalue weighted by Gasteiger charge is -1.98. The van der Waals surface area contributed by atoms with E-state index in [-0.39, 0.29) is 23.6 Å². The van der Waals surface area contributed by atoms with Crippen LogP contribution < -0.4 is 0 Å². The van der Waals surface area contributed by atoms with Crippen molar-refractivity contribution in [2.45, 2.75) is 6.42 Å². The molecule has 0 atom stereocenters. The number of halogens is 2. The van der Waals surface area contributed by atoms with Crippen LogP contribution >= 0.6 is 0 Å². The van der Waals surface area contributed by atoms with E-state index < -0.39 is 23.2 Å². The predicted octanol–water partition coefficient (Wildman–Crippen LogP) is 3.05.